The zero-order valence-electron chi connectivity index (χ0n) is 10.6. The van der Waals surface area contributed by atoms with E-state index in [4.69, 9.17) is 9.47 Å². The van der Waals surface area contributed by atoms with Crippen LogP contribution in [0.15, 0.2) is 18.2 Å². The Bertz CT molecular complexity index is 472. The van der Waals surface area contributed by atoms with Crippen molar-refractivity contribution in [2.75, 3.05) is 13.7 Å². The van der Waals surface area contributed by atoms with E-state index >= 15 is 0 Å². The lowest BCUT2D eigenvalue weighted by Crippen LogP contribution is -2.41. The summed E-state index contributed by atoms with van der Waals surface area (Å²) in [5, 5.41) is 0. The third-order valence-corrected chi connectivity index (χ3v) is 3.48. The molecule has 2 atom stereocenters. The fourth-order valence-electron chi connectivity index (χ4n) is 2.35. The molecule has 0 aliphatic carbocycles. The van der Waals surface area contributed by atoms with E-state index in [2.05, 4.69) is 0 Å². The molecule has 0 spiro atoms. The van der Waals surface area contributed by atoms with Crippen LogP contribution in [-0.4, -0.2) is 25.5 Å². The minimum atomic E-state index is -4.47. The molecular formula is C13H14F4O2. The lowest BCUT2D eigenvalue weighted by molar-refractivity contribution is -0.255. The van der Waals surface area contributed by atoms with Crippen molar-refractivity contribution in [2.24, 2.45) is 0 Å². The number of ether oxygens (including phenoxy) is 2. The van der Waals surface area contributed by atoms with Crippen LogP contribution in [0.3, 0.4) is 0 Å². The highest BCUT2D eigenvalue weighted by atomic mass is 19.4. The van der Waals surface area contributed by atoms with E-state index in [1.807, 2.05) is 0 Å². The standard InChI is InChI=1S/C13H14F4O2/c1-12(13(15,16)17)6-8(7-19-12)11-9(14)4-3-5-10(11)18-2/h3-5,8H,6-7H2,1-2H3. The van der Waals surface area contributed by atoms with Gasteiger partial charge in [-0.05, 0) is 25.5 Å². The Morgan fingerprint density at radius 2 is 2.05 bits per heavy atom. The highest BCUT2D eigenvalue weighted by Crippen LogP contribution is 2.47. The maximum Gasteiger partial charge on any atom is 0.417 e. The van der Waals surface area contributed by atoms with E-state index in [1.165, 1.54) is 25.3 Å². The van der Waals surface area contributed by atoms with Gasteiger partial charge in [0.05, 0.1) is 13.7 Å². The highest BCUT2D eigenvalue weighted by molar-refractivity contribution is 5.38. The Hall–Kier alpha value is -1.30. The summed E-state index contributed by atoms with van der Waals surface area (Å²) in [6.45, 7) is 0.813. The van der Waals surface area contributed by atoms with Crippen LogP contribution in [0.1, 0.15) is 24.8 Å². The smallest absolute Gasteiger partial charge is 0.417 e. The van der Waals surface area contributed by atoms with Gasteiger partial charge in [0, 0.05) is 11.5 Å². The second-order valence-corrected chi connectivity index (χ2v) is 4.80. The number of hydrogen-bond acceptors (Lipinski definition) is 2. The average Bonchev–Trinajstić information content (AvgIpc) is 2.72. The minimum Gasteiger partial charge on any atom is -0.496 e. The molecule has 106 valence electrons. The van der Waals surface area contributed by atoms with Crippen molar-refractivity contribution in [3.63, 3.8) is 0 Å². The van der Waals surface area contributed by atoms with Gasteiger partial charge in [-0.15, -0.1) is 0 Å². The number of methoxy groups -OCH3 is 1. The first-order chi connectivity index (χ1) is 8.78. The summed E-state index contributed by atoms with van der Waals surface area (Å²) in [6, 6.07) is 4.19. The van der Waals surface area contributed by atoms with E-state index in [9.17, 15) is 17.6 Å². The van der Waals surface area contributed by atoms with Crippen molar-refractivity contribution in [3.8, 4) is 5.75 Å². The molecule has 0 aromatic heterocycles. The van der Waals surface area contributed by atoms with Gasteiger partial charge in [-0.25, -0.2) is 4.39 Å². The Kier molecular flexibility index (Phi) is 3.47. The van der Waals surface area contributed by atoms with Gasteiger partial charge in [-0.2, -0.15) is 13.2 Å². The van der Waals surface area contributed by atoms with Crippen molar-refractivity contribution < 1.29 is 27.0 Å². The van der Waals surface area contributed by atoms with Crippen molar-refractivity contribution in [1.82, 2.24) is 0 Å². The van der Waals surface area contributed by atoms with Gasteiger partial charge in [0.1, 0.15) is 11.6 Å². The molecule has 19 heavy (non-hydrogen) atoms. The lowest BCUT2D eigenvalue weighted by atomic mass is 9.89. The monoisotopic (exact) mass is 278 g/mol. The Balaban J connectivity index is 2.32. The summed E-state index contributed by atoms with van der Waals surface area (Å²) >= 11 is 0. The molecule has 1 saturated heterocycles. The average molecular weight is 278 g/mol. The SMILES string of the molecule is COc1cccc(F)c1C1COC(C)(C(F)(F)F)C1. The lowest BCUT2D eigenvalue weighted by Gasteiger charge is -2.26. The zero-order valence-corrected chi connectivity index (χ0v) is 10.6. The van der Waals surface area contributed by atoms with Gasteiger partial charge in [0.2, 0.25) is 0 Å². The second kappa shape index (κ2) is 4.67. The van der Waals surface area contributed by atoms with Crippen LogP contribution in [0.4, 0.5) is 17.6 Å². The third-order valence-electron chi connectivity index (χ3n) is 3.48. The predicted octanol–water partition coefficient (Wildman–Crippen LogP) is 3.66. The van der Waals surface area contributed by atoms with E-state index in [-0.39, 0.29) is 24.3 Å². The Labute approximate surface area is 108 Å². The molecule has 1 aromatic carbocycles. The Morgan fingerprint density at radius 3 is 2.58 bits per heavy atom. The fourth-order valence-corrected chi connectivity index (χ4v) is 2.35. The van der Waals surface area contributed by atoms with Crippen LogP contribution in [0, 0.1) is 5.82 Å². The molecule has 0 N–H and O–H groups in total. The molecule has 6 heteroatoms. The molecule has 1 heterocycles. The van der Waals surface area contributed by atoms with E-state index < -0.39 is 23.5 Å². The maximum absolute atomic E-state index is 13.8. The predicted molar refractivity (Wildman–Crippen MR) is 60.7 cm³/mol. The molecule has 0 bridgehead atoms. The second-order valence-electron chi connectivity index (χ2n) is 4.80. The molecule has 0 amide bonds. The first-order valence-corrected chi connectivity index (χ1v) is 5.81. The number of alkyl halides is 3. The molecule has 0 saturated carbocycles. The fraction of sp³-hybridized carbons (Fsp3) is 0.538. The van der Waals surface area contributed by atoms with Crippen molar-refractivity contribution in [2.45, 2.75) is 31.0 Å². The van der Waals surface area contributed by atoms with Crippen LogP contribution < -0.4 is 4.74 Å². The third kappa shape index (κ3) is 2.41. The minimum absolute atomic E-state index is 0.151. The van der Waals surface area contributed by atoms with Gasteiger partial charge in [0.15, 0.2) is 5.60 Å². The summed E-state index contributed by atoms with van der Waals surface area (Å²) < 4.78 is 62.3. The van der Waals surface area contributed by atoms with Gasteiger partial charge in [0.25, 0.3) is 0 Å². The quantitative estimate of drug-likeness (QED) is 0.769. The van der Waals surface area contributed by atoms with Crippen LogP contribution in [-0.2, 0) is 4.74 Å². The van der Waals surface area contributed by atoms with Crippen LogP contribution in [0.2, 0.25) is 0 Å². The van der Waals surface area contributed by atoms with Crippen LogP contribution >= 0.6 is 0 Å². The van der Waals surface area contributed by atoms with Crippen LogP contribution in [0.25, 0.3) is 0 Å². The van der Waals surface area contributed by atoms with Gasteiger partial charge in [-0.3, -0.25) is 0 Å². The number of rotatable bonds is 2. The molecule has 0 radical (unpaired) electrons. The Morgan fingerprint density at radius 1 is 1.37 bits per heavy atom. The van der Waals surface area contributed by atoms with Crippen molar-refractivity contribution in [3.05, 3.63) is 29.6 Å². The van der Waals surface area contributed by atoms with E-state index in [0.717, 1.165) is 6.92 Å². The summed E-state index contributed by atoms with van der Waals surface area (Å²) in [7, 11) is 1.36. The van der Waals surface area contributed by atoms with Crippen molar-refractivity contribution >= 4 is 0 Å². The van der Waals surface area contributed by atoms with E-state index in [1.54, 1.807) is 0 Å². The molecule has 2 nitrogen and oxygen atoms in total. The molecule has 1 fully saturated rings. The summed E-state index contributed by atoms with van der Waals surface area (Å²) in [4.78, 5) is 0. The number of hydrogen-bond donors (Lipinski definition) is 0. The molecule has 1 aromatic rings. The van der Waals surface area contributed by atoms with E-state index in [0.29, 0.717) is 0 Å². The van der Waals surface area contributed by atoms with Crippen LogP contribution in [0.5, 0.6) is 5.75 Å². The first kappa shape index (κ1) is 14.1. The normalized spacial score (nSPS) is 27.6. The first-order valence-electron chi connectivity index (χ1n) is 5.81. The molecular weight excluding hydrogens is 264 g/mol. The molecule has 1 aliphatic rings. The number of benzene rings is 1. The van der Waals surface area contributed by atoms with Gasteiger partial charge >= 0.3 is 6.18 Å². The zero-order chi connectivity index (χ0) is 14.3. The van der Waals surface area contributed by atoms with Gasteiger partial charge < -0.3 is 9.47 Å². The molecule has 1 aliphatic heterocycles. The summed E-state index contributed by atoms with van der Waals surface area (Å²) in [5.41, 5.74) is -2.08. The largest absolute Gasteiger partial charge is 0.496 e. The number of halogens is 4. The highest BCUT2D eigenvalue weighted by Gasteiger charge is 2.57. The molecule has 2 rings (SSSR count). The van der Waals surface area contributed by atoms with Crippen molar-refractivity contribution in [1.29, 1.82) is 0 Å². The topological polar surface area (TPSA) is 18.5 Å². The van der Waals surface area contributed by atoms with Gasteiger partial charge in [-0.1, -0.05) is 6.07 Å². The summed E-state index contributed by atoms with van der Waals surface area (Å²) in [5.74, 6) is -0.984. The maximum atomic E-state index is 13.8. The summed E-state index contributed by atoms with van der Waals surface area (Å²) in [6.07, 6.45) is -4.78. The molecule has 2 unspecified atom stereocenters.